The van der Waals surface area contributed by atoms with Gasteiger partial charge in [0.15, 0.2) is 16.9 Å². The minimum atomic E-state index is -0.559. The van der Waals surface area contributed by atoms with E-state index in [4.69, 9.17) is 11.2 Å². The molecule has 2 heterocycles. The number of ether oxygens (including phenoxy) is 1. The molecule has 0 spiro atoms. The first-order valence-electron chi connectivity index (χ1n) is 5.11. The lowest BCUT2D eigenvalue weighted by atomic mass is 10.4. The van der Waals surface area contributed by atoms with Crippen LogP contribution in [-0.2, 0) is 4.74 Å². The molecule has 0 aliphatic heterocycles. The summed E-state index contributed by atoms with van der Waals surface area (Å²) in [6.07, 6.45) is 9.23. The van der Waals surface area contributed by atoms with Crippen molar-refractivity contribution in [1.29, 1.82) is 0 Å². The topological polar surface area (TPSA) is 65.0 Å². The van der Waals surface area contributed by atoms with Crippen molar-refractivity contribution in [2.24, 2.45) is 0 Å². The molecule has 6 heteroatoms. The molecule has 0 aromatic carbocycles. The zero-order valence-corrected chi connectivity index (χ0v) is 10.3. The summed E-state index contributed by atoms with van der Waals surface area (Å²) in [6.45, 7) is 1.63. The smallest absolute Gasteiger partial charge is 0.351 e. The Labute approximate surface area is 108 Å². The number of aromatic nitrogens is 3. The maximum atomic E-state index is 11.7. The Balaban J connectivity index is 2.17. The predicted octanol–water partition coefficient (Wildman–Crippen LogP) is 1.78. The molecule has 0 aliphatic carbocycles. The third-order valence-electron chi connectivity index (χ3n) is 1.98. The third-order valence-corrected chi connectivity index (χ3v) is 2.96. The predicted molar refractivity (Wildman–Crippen MR) is 66.9 cm³/mol. The lowest BCUT2D eigenvalue weighted by Gasteiger charge is -2.04. The second-order valence-corrected chi connectivity index (χ2v) is 4.35. The lowest BCUT2D eigenvalue weighted by Crippen LogP contribution is -2.11. The van der Waals surface area contributed by atoms with Crippen molar-refractivity contribution in [3.05, 3.63) is 29.5 Å². The van der Waals surface area contributed by atoms with Gasteiger partial charge in [-0.2, -0.15) is 0 Å². The summed E-state index contributed by atoms with van der Waals surface area (Å²) in [5.74, 6) is 2.31. The van der Waals surface area contributed by atoms with Gasteiger partial charge in [-0.1, -0.05) is 5.92 Å². The van der Waals surface area contributed by atoms with Crippen molar-refractivity contribution in [3.63, 3.8) is 0 Å². The zero-order chi connectivity index (χ0) is 13.0. The van der Waals surface area contributed by atoms with Crippen LogP contribution in [0.1, 0.15) is 16.6 Å². The second-order valence-electron chi connectivity index (χ2n) is 3.32. The summed E-state index contributed by atoms with van der Waals surface area (Å²) in [6, 6.07) is 1.71. The average molecular weight is 259 g/mol. The monoisotopic (exact) mass is 259 g/mol. The van der Waals surface area contributed by atoms with Crippen LogP contribution in [0.4, 0.5) is 0 Å². The summed E-state index contributed by atoms with van der Waals surface area (Å²) < 4.78 is 4.99. The number of hydrogen-bond acceptors (Lipinski definition) is 6. The highest BCUT2D eigenvalue weighted by Gasteiger charge is 2.15. The molecule has 0 unspecified atom stereocenters. The van der Waals surface area contributed by atoms with E-state index in [2.05, 4.69) is 20.9 Å². The van der Waals surface area contributed by atoms with Gasteiger partial charge in [0.1, 0.15) is 4.88 Å². The number of rotatable bonds is 3. The molecule has 0 fully saturated rings. The maximum absolute atomic E-state index is 11.7. The third kappa shape index (κ3) is 2.70. The Hall–Kier alpha value is -2.26. The van der Waals surface area contributed by atoms with Crippen LogP contribution in [0.3, 0.4) is 0 Å². The van der Waals surface area contributed by atoms with Crippen LogP contribution in [0, 0.1) is 12.3 Å². The Bertz CT molecular complexity index is 589. The van der Waals surface area contributed by atoms with E-state index in [0.29, 0.717) is 15.7 Å². The lowest BCUT2D eigenvalue weighted by molar-refractivity contribution is 0.0444. The van der Waals surface area contributed by atoms with Gasteiger partial charge in [-0.05, 0) is 13.0 Å². The number of carbonyl (C=O) groups is 1. The minimum Gasteiger partial charge on any atom is -0.445 e. The first-order valence-corrected chi connectivity index (χ1v) is 5.92. The van der Waals surface area contributed by atoms with Gasteiger partial charge in [0.25, 0.3) is 0 Å². The van der Waals surface area contributed by atoms with Crippen LogP contribution in [-0.4, -0.2) is 27.0 Å². The van der Waals surface area contributed by atoms with Gasteiger partial charge < -0.3 is 4.74 Å². The average Bonchev–Trinajstić information content (AvgIpc) is 2.89. The Morgan fingerprint density at radius 3 is 2.83 bits per heavy atom. The Morgan fingerprint density at radius 2 is 2.17 bits per heavy atom. The van der Waals surface area contributed by atoms with E-state index in [0.717, 1.165) is 0 Å². The molecule has 2 rings (SSSR count). The Kier molecular flexibility index (Phi) is 3.65. The molecule has 2 aromatic heterocycles. The van der Waals surface area contributed by atoms with Gasteiger partial charge in [0.05, 0.1) is 6.20 Å². The van der Waals surface area contributed by atoms with Crippen LogP contribution in [0.5, 0.6) is 0 Å². The van der Waals surface area contributed by atoms with E-state index in [9.17, 15) is 4.79 Å². The van der Waals surface area contributed by atoms with Crippen molar-refractivity contribution >= 4 is 17.3 Å². The molecule has 0 N–H and O–H groups in total. The molecule has 0 radical (unpaired) electrons. The van der Waals surface area contributed by atoms with E-state index in [1.54, 1.807) is 25.4 Å². The normalized spacial score (nSPS) is 11.6. The number of esters is 1. The van der Waals surface area contributed by atoms with Gasteiger partial charge in [0, 0.05) is 12.4 Å². The summed E-state index contributed by atoms with van der Waals surface area (Å²) in [4.78, 5) is 24.2. The molecule has 5 nitrogen and oxygen atoms in total. The zero-order valence-electron chi connectivity index (χ0n) is 9.53. The van der Waals surface area contributed by atoms with Gasteiger partial charge >= 0.3 is 5.97 Å². The van der Waals surface area contributed by atoms with Crippen molar-refractivity contribution < 1.29 is 9.53 Å². The molecule has 0 saturated heterocycles. The quantitative estimate of drug-likeness (QED) is 0.621. The van der Waals surface area contributed by atoms with Crippen molar-refractivity contribution in [3.8, 4) is 23.2 Å². The fourth-order valence-corrected chi connectivity index (χ4v) is 1.88. The number of thiazole rings is 1. The molecule has 90 valence electrons. The molecule has 1 atom stereocenters. The molecular weight excluding hydrogens is 250 g/mol. The highest BCUT2D eigenvalue weighted by atomic mass is 32.1. The van der Waals surface area contributed by atoms with Crippen LogP contribution < -0.4 is 0 Å². The van der Waals surface area contributed by atoms with Gasteiger partial charge in [-0.3, -0.25) is 0 Å². The highest BCUT2D eigenvalue weighted by molar-refractivity contribution is 7.16. The standard InChI is InChI=1S/C12H9N3O2S/c1-3-8(2)17-12(16)9-7-15-11(18-9)10-13-5-4-6-14-10/h1,4-8H,2H3/t8-/m0/s1. The van der Waals surface area contributed by atoms with E-state index < -0.39 is 12.1 Å². The summed E-state index contributed by atoms with van der Waals surface area (Å²) in [5, 5.41) is 0.566. The Morgan fingerprint density at radius 1 is 1.44 bits per heavy atom. The second kappa shape index (κ2) is 5.38. The molecule has 0 aliphatic rings. The fourth-order valence-electron chi connectivity index (χ4n) is 1.13. The molecular formula is C12H9N3O2S. The van der Waals surface area contributed by atoms with Gasteiger partial charge in [-0.25, -0.2) is 19.7 Å². The number of hydrogen-bond donors (Lipinski definition) is 0. The van der Waals surface area contributed by atoms with Crippen LogP contribution in [0.25, 0.3) is 10.8 Å². The van der Waals surface area contributed by atoms with Crippen LogP contribution in [0.2, 0.25) is 0 Å². The van der Waals surface area contributed by atoms with E-state index >= 15 is 0 Å². The largest absolute Gasteiger partial charge is 0.445 e. The van der Waals surface area contributed by atoms with Crippen molar-refractivity contribution in [1.82, 2.24) is 15.0 Å². The fraction of sp³-hybridized carbons (Fsp3) is 0.167. The molecule has 0 amide bonds. The first-order chi connectivity index (χ1) is 8.70. The first kappa shape index (κ1) is 12.2. The van der Waals surface area contributed by atoms with E-state index in [1.165, 1.54) is 17.5 Å². The molecule has 2 aromatic rings. The van der Waals surface area contributed by atoms with Gasteiger partial charge in [-0.15, -0.1) is 17.8 Å². The minimum absolute atomic E-state index is 0.375. The SMILES string of the molecule is C#C[C@H](C)OC(=O)c1cnc(-c2ncccn2)s1. The number of carbonyl (C=O) groups excluding carboxylic acids is 1. The van der Waals surface area contributed by atoms with E-state index in [-0.39, 0.29) is 0 Å². The number of terminal acetylenes is 1. The van der Waals surface area contributed by atoms with E-state index in [1.807, 2.05) is 0 Å². The maximum Gasteiger partial charge on any atom is 0.351 e. The number of nitrogens with zero attached hydrogens (tertiary/aromatic N) is 3. The summed E-state index contributed by atoms with van der Waals surface area (Å²) in [7, 11) is 0. The van der Waals surface area contributed by atoms with Crippen molar-refractivity contribution in [2.75, 3.05) is 0 Å². The van der Waals surface area contributed by atoms with Crippen LogP contribution in [0.15, 0.2) is 24.7 Å². The molecule has 0 saturated carbocycles. The molecule has 18 heavy (non-hydrogen) atoms. The van der Waals surface area contributed by atoms with Gasteiger partial charge in [0.2, 0.25) is 0 Å². The summed E-state index contributed by atoms with van der Waals surface area (Å²) >= 11 is 1.17. The van der Waals surface area contributed by atoms with Crippen molar-refractivity contribution in [2.45, 2.75) is 13.0 Å². The molecule has 0 bridgehead atoms. The highest BCUT2D eigenvalue weighted by Crippen LogP contribution is 2.22. The summed E-state index contributed by atoms with van der Waals surface area (Å²) in [5.41, 5.74) is 0. The van der Waals surface area contributed by atoms with Crippen LogP contribution >= 0.6 is 11.3 Å².